The van der Waals surface area contributed by atoms with Crippen LogP contribution < -0.4 is 23.8 Å². The van der Waals surface area contributed by atoms with Crippen LogP contribution in [0.5, 0.6) is 23.0 Å². The molecule has 0 saturated carbocycles. The molecule has 2 heterocycles. The first-order valence-electron chi connectivity index (χ1n) is 11.0. The maximum atomic E-state index is 13.0. The van der Waals surface area contributed by atoms with Crippen molar-refractivity contribution in [2.45, 2.75) is 26.7 Å². The highest BCUT2D eigenvalue weighted by Crippen LogP contribution is 2.35. The number of anilines is 1. The van der Waals surface area contributed by atoms with Gasteiger partial charge in [-0.3, -0.25) is 14.4 Å². The molecule has 0 aliphatic carbocycles. The molecule has 2 aliphatic rings. The maximum absolute atomic E-state index is 13.0. The molecule has 1 fully saturated rings. The van der Waals surface area contributed by atoms with Crippen molar-refractivity contribution in [3.05, 3.63) is 42.0 Å². The number of benzene rings is 2. The van der Waals surface area contributed by atoms with E-state index in [1.54, 1.807) is 12.1 Å². The van der Waals surface area contributed by atoms with Crippen LogP contribution in [0.1, 0.15) is 37.0 Å². The third kappa shape index (κ3) is 4.39. The fraction of sp³-hybridized carbons (Fsp3) is 0.333. The van der Waals surface area contributed by atoms with E-state index < -0.39 is 30.2 Å². The number of ketones is 1. The van der Waals surface area contributed by atoms with Gasteiger partial charge in [0.25, 0.3) is 0 Å². The second-order valence-electron chi connectivity index (χ2n) is 7.63. The van der Waals surface area contributed by atoms with Crippen molar-refractivity contribution < 1.29 is 38.1 Å². The summed E-state index contributed by atoms with van der Waals surface area (Å²) in [6.07, 6.45) is 1.53. The Balaban J connectivity index is 1.55. The lowest BCUT2D eigenvalue weighted by Crippen LogP contribution is -2.37. The van der Waals surface area contributed by atoms with Gasteiger partial charge < -0.3 is 18.9 Å². The van der Waals surface area contributed by atoms with E-state index >= 15 is 0 Å². The van der Waals surface area contributed by atoms with Gasteiger partial charge in [-0.25, -0.2) is 14.6 Å². The van der Waals surface area contributed by atoms with E-state index in [2.05, 4.69) is 0 Å². The number of amides is 4. The van der Waals surface area contributed by atoms with E-state index in [4.69, 9.17) is 18.9 Å². The van der Waals surface area contributed by atoms with Crippen LogP contribution >= 0.6 is 0 Å². The van der Waals surface area contributed by atoms with Crippen molar-refractivity contribution in [1.29, 1.82) is 0 Å². The minimum Gasteiger partial charge on any atom is -0.490 e. The van der Waals surface area contributed by atoms with Gasteiger partial charge in [0, 0.05) is 11.6 Å². The van der Waals surface area contributed by atoms with E-state index in [-0.39, 0.29) is 18.0 Å². The van der Waals surface area contributed by atoms with Crippen LogP contribution in [0.15, 0.2) is 36.4 Å². The predicted octanol–water partition coefficient (Wildman–Crippen LogP) is 3.17. The summed E-state index contributed by atoms with van der Waals surface area (Å²) >= 11 is 0. The summed E-state index contributed by atoms with van der Waals surface area (Å²) in [5.74, 6) is -0.931. The summed E-state index contributed by atoms with van der Waals surface area (Å²) in [6.45, 7) is 4.24. The number of nitrogens with zero attached hydrogens (tertiary/aromatic N) is 2. The largest absolute Gasteiger partial charge is 0.490 e. The van der Waals surface area contributed by atoms with E-state index in [1.807, 2.05) is 13.8 Å². The number of urea groups is 1. The summed E-state index contributed by atoms with van der Waals surface area (Å²) in [5.41, 5.74) is 0.375. The third-order valence-corrected chi connectivity index (χ3v) is 5.16. The monoisotopic (exact) mass is 468 g/mol. The second-order valence-corrected chi connectivity index (χ2v) is 7.63. The average molecular weight is 468 g/mol. The summed E-state index contributed by atoms with van der Waals surface area (Å²) in [6, 6.07) is 8.20. The maximum Gasteiger partial charge on any atom is 0.339 e. The first-order valence-corrected chi connectivity index (χ1v) is 11.0. The van der Waals surface area contributed by atoms with Crippen LogP contribution in [0, 0.1) is 0 Å². The number of carbonyl (C=O) groups is 4. The zero-order valence-electron chi connectivity index (χ0n) is 18.9. The Morgan fingerprint density at radius 1 is 0.882 bits per heavy atom. The van der Waals surface area contributed by atoms with Gasteiger partial charge in [-0.05, 0) is 43.2 Å². The van der Waals surface area contributed by atoms with Gasteiger partial charge in [-0.2, -0.15) is 0 Å². The first-order chi connectivity index (χ1) is 16.4. The van der Waals surface area contributed by atoms with Crippen LogP contribution in [0.3, 0.4) is 0 Å². The molecular formula is C24H24N2O8. The first kappa shape index (κ1) is 23.1. The van der Waals surface area contributed by atoms with E-state index in [0.717, 1.165) is 17.7 Å². The average Bonchev–Trinajstić information content (AvgIpc) is 3.39. The van der Waals surface area contributed by atoms with Crippen LogP contribution in [0.2, 0.25) is 0 Å². The number of carbonyl (C=O) groups excluding carboxylic acids is 4. The molecule has 2 aromatic rings. The van der Waals surface area contributed by atoms with Gasteiger partial charge in [-0.1, -0.05) is 13.8 Å². The Morgan fingerprint density at radius 2 is 1.59 bits per heavy atom. The molecule has 0 atom stereocenters. The Kier molecular flexibility index (Phi) is 6.67. The highest BCUT2D eigenvalue weighted by Gasteiger charge is 2.46. The number of hydrogen-bond donors (Lipinski definition) is 0. The number of Topliss-reactive ketones (excluding diaryl/α,β-unsaturated/α-hetero) is 1. The number of fused-ring (bicyclic) bond motifs is 1. The zero-order chi connectivity index (χ0) is 24.2. The summed E-state index contributed by atoms with van der Waals surface area (Å²) < 4.78 is 21.9. The quantitative estimate of drug-likeness (QED) is 0.297. The van der Waals surface area contributed by atoms with Gasteiger partial charge >= 0.3 is 17.8 Å². The zero-order valence-corrected chi connectivity index (χ0v) is 18.9. The molecule has 34 heavy (non-hydrogen) atoms. The molecule has 2 aromatic carbocycles. The molecule has 0 bridgehead atoms. The van der Waals surface area contributed by atoms with Gasteiger partial charge in [0.15, 0.2) is 28.8 Å². The molecule has 0 unspecified atom stereocenters. The molecule has 0 aromatic heterocycles. The molecule has 10 nitrogen and oxygen atoms in total. The number of rotatable bonds is 10. The normalized spacial score (nSPS) is 14.7. The van der Waals surface area contributed by atoms with Crippen LogP contribution in [0.4, 0.5) is 10.5 Å². The molecule has 4 amide bonds. The van der Waals surface area contributed by atoms with Crippen LogP contribution in [-0.2, 0) is 9.59 Å². The van der Waals surface area contributed by atoms with Crippen molar-refractivity contribution in [2.75, 3.05) is 31.5 Å². The minimum absolute atomic E-state index is 0.0474. The lowest BCUT2D eigenvalue weighted by molar-refractivity contribution is -0.139. The Hall–Kier alpha value is -4.08. The Morgan fingerprint density at radius 3 is 2.32 bits per heavy atom. The fourth-order valence-corrected chi connectivity index (χ4v) is 3.47. The summed E-state index contributed by atoms with van der Waals surface area (Å²) in [4.78, 5) is 52.4. The van der Waals surface area contributed by atoms with E-state index in [9.17, 15) is 19.2 Å². The molecule has 0 radical (unpaired) electrons. The number of ether oxygens (including phenoxy) is 4. The molecule has 10 heteroatoms. The second kappa shape index (κ2) is 9.82. The molecular weight excluding hydrogens is 444 g/mol. The van der Waals surface area contributed by atoms with Crippen molar-refractivity contribution in [3.63, 3.8) is 0 Å². The summed E-state index contributed by atoms with van der Waals surface area (Å²) in [7, 11) is 0. The van der Waals surface area contributed by atoms with Crippen LogP contribution in [-0.4, -0.2) is 55.1 Å². The predicted molar refractivity (Wildman–Crippen MR) is 120 cm³/mol. The topological polar surface area (TPSA) is 112 Å². The van der Waals surface area contributed by atoms with Crippen molar-refractivity contribution >= 4 is 29.3 Å². The molecule has 1 saturated heterocycles. The highest BCUT2D eigenvalue weighted by atomic mass is 16.7. The van der Waals surface area contributed by atoms with E-state index in [0.29, 0.717) is 41.1 Å². The van der Waals surface area contributed by atoms with Crippen molar-refractivity contribution in [1.82, 2.24) is 4.90 Å². The van der Waals surface area contributed by atoms with Crippen LogP contribution in [0.25, 0.3) is 0 Å². The van der Waals surface area contributed by atoms with Gasteiger partial charge in [0.1, 0.15) is 0 Å². The highest BCUT2D eigenvalue weighted by molar-refractivity contribution is 6.53. The minimum atomic E-state index is -1.08. The molecule has 178 valence electrons. The molecule has 2 aliphatic heterocycles. The number of hydrogen-bond acceptors (Lipinski definition) is 8. The smallest absolute Gasteiger partial charge is 0.339 e. The van der Waals surface area contributed by atoms with Crippen molar-refractivity contribution in [2.24, 2.45) is 0 Å². The lowest BCUT2D eigenvalue weighted by atomic mass is 10.1. The molecule has 4 rings (SSSR count). The van der Waals surface area contributed by atoms with E-state index in [1.165, 1.54) is 24.3 Å². The molecule has 0 N–H and O–H groups in total. The van der Waals surface area contributed by atoms with Gasteiger partial charge in [0.05, 0.1) is 25.4 Å². The van der Waals surface area contributed by atoms with Gasteiger partial charge in [-0.15, -0.1) is 0 Å². The lowest BCUT2D eigenvalue weighted by Gasteiger charge is -2.18. The Bertz CT molecular complexity index is 1150. The van der Waals surface area contributed by atoms with Crippen molar-refractivity contribution in [3.8, 4) is 23.0 Å². The van der Waals surface area contributed by atoms with Gasteiger partial charge in [0.2, 0.25) is 6.79 Å². The third-order valence-electron chi connectivity index (χ3n) is 5.16. The SMILES string of the molecule is CCCOc1ccc(N2C(=O)C(=O)N(CC(=O)c3ccc4c(c3)OCO4)C2=O)cc1OCCC. The fourth-order valence-electron chi connectivity index (χ4n) is 3.47. The Labute approximate surface area is 195 Å². The number of imide groups is 2. The standard InChI is InChI=1S/C24H24N2O8/c1-3-9-31-18-8-6-16(12-21(18)32-10-4-2)26-23(29)22(28)25(24(26)30)13-17(27)15-5-7-19-20(11-15)34-14-33-19/h5-8,11-12H,3-4,9-10,13-14H2,1-2H3. The summed E-state index contributed by atoms with van der Waals surface area (Å²) in [5, 5.41) is 0. The molecule has 0 spiro atoms.